The van der Waals surface area contributed by atoms with Gasteiger partial charge in [-0.3, -0.25) is 14.5 Å². The van der Waals surface area contributed by atoms with Gasteiger partial charge in [0.2, 0.25) is 0 Å². The van der Waals surface area contributed by atoms with Gasteiger partial charge in [0, 0.05) is 22.4 Å². The molecule has 2 aromatic carbocycles. The van der Waals surface area contributed by atoms with Gasteiger partial charge in [0.25, 0.3) is 11.8 Å². The van der Waals surface area contributed by atoms with Crippen molar-refractivity contribution < 1.29 is 9.59 Å². The molecule has 1 aromatic heterocycles. The molecule has 1 atom stereocenters. The molecule has 27 heavy (non-hydrogen) atoms. The average Bonchev–Trinajstić information content (AvgIpc) is 3.27. The fourth-order valence-electron chi connectivity index (χ4n) is 3.31. The summed E-state index contributed by atoms with van der Waals surface area (Å²) in [5, 5.41) is 1.11. The monoisotopic (exact) mass is 399 g/mol. The molecular weight excluding hydrogens is 385 g/mol. The molecule has 0 aliphatic carbocycles. The lowest BCUT2D eigenvalue weighted by molar-refractivity contribution is 0.0631. The molecule has 0 radical (unpaired) electrons. The van der Waals surface area contributed by atoms with Gasteiger partial charge in [0.15, 0.2) is 0 Å². The van der Waals surface area contributed by atoms with Gasteiger partial charge in [0.1, 0.15) is 0 Å². The van der Waals surface area contributed by atoms with E-state index in [0.717, 1.165) is 5.56 Å². The molecule has 0 N–H and O–H groups in total. The van der Waals surface area contributed by atoms with Crippen molar-refractivity contribution in [1.29, 1.82) is 0 Å². The van der Waals surface area contributed by atoms with Crippen molar-refractivity contribution in [2.75, 3.05) is 6.54 Å². The van der Waals surface area contributed by atoms with Crippen LogP contribution in [0.3, 0.4) is 0 Å². The second-order valence-corrected chi connectivity index (χ2v) is 7.21. The van der Waals surface area contributed by atoms with E-state index in [9.17, 15) is 9.59 Å². The Morgan fingerprint density at radius 2 is 1.70 bits per heavy atom. The molecule has 3 aromatic rings. The highest BCUT2D eigenvalue weighted by atomic mass is 35.5. The molecule has 0 spiro atoms. The Kier molecular flexibility index (Phi) is 4.72. The molecule has 4 rings (SSSR count). The molecule has 1 unspecified atom stereocenters. The number of benzene rings is 2. The zero-order chi connectivity index (χ0) is 19.0. The minimum absolute atomic E-state index is 0.201. The molecule has 136 valence electrons. The first-order valence-electron chi connectivity index (χ1n) is 8.41. The van der Waals surface area contributed by atoms with E-state index in [-0.39, 0.29) is 24.4 Å². The van der Waals surface area contributed by atoms with Crippen molar-refractivity contribution in [3.05, 3.63) is 87.9 Å². The highest BCUT2D eigenvalue weighted by Crippen LogP contribution is 2.28. The predicted molar refractivity (Wildman–Crippen MR) is 103 cm³/mol. The Bertz CT molecular complexity index is 983. The molecule has 0 saturated heterocycles. The van der Waals surface area contributed by atoms with Gasteiger partial charge in [0.05, 0.1) is 30.0 Å². The van der Waals surface area contributed by atoms with Crippen LogP contribution in [0, 0.1) is 0 Å². The van der Waals surface area contributed by atoms with Crippen LogP contribution in [-0.4, -0.2) is 32.8 Å². The predicted octanol–water partition coefficient (Wildman–Crippen LogP) is 4.27. The molecule has 1 aliphatic heterocycles. The number of halogens is 2. The summed E-state index contributed by atoms with van der Waals surface area (Å²) in [6, 6.07) is 12.0. The number of rotatable bonds is 5. The Labute approximate surface area is 166 Å². The van der Waals surface area contributed by atoms with Crippen molar-refractivity contribution in [2.24, 2.45) is 0 Å². The normalized spacial score (nSPS) is 14.5. The van der Waals surface area contributed by atoms with Crippen molar-refractivity contribution in [1.82, 2.24) is 14.5 Å². The molecule has 5 nitrogen and oxygen atoms in total. The number of amides is 2. The highest BCUT2D eigenvalue weighted by Gasteiger charge is 2.36. The second-order valence-electron chi connectivity index (χ2n) is 6.37. The second kappa shape index (κ2) is 7.18. The van der Waals surface area contributed by atoms with Crippen LogP contribution >= 0.6 is 23.2 Å². The van der Waals surface area contributed by atoms with E-state index in [1.807, 2.05) is 16.8 Å². The number of nitrogens with zero attached hydrogens (tertiary/aromatic N) is 3. The van der Waals surface area contributed by atoms with Gasteiger partial charge < -0.3 is 4.57 Å². The minimum atomic E-state index is -0.275. The third kappa shape index (κ3) is 3.36. The van der Waals surface area contributed by atoms with Gasteiger partial charge in [-0.05, 0) is 36.2 Å². The smallest absolute Gasteiger partial charge is 0.261 e. The first-order chi connectivity index (χ1) is 13.0. The number of fused-ring (bicyclic) bond motifs is 1. The lowest BCUT2D eigenvalue weighted by Crippen LogP contribution is -2.36. The van der Waals surface area contributed by atoms with E-state index in [4.69, 9.17) is 23.2 Å². The van der Waals surface area contributed by atoms with Crippen LogP contribution in [0.5, 0.6) is 0 Å². The molecule has 0 saturated carbocycles. The van der Waals surface area contributed by atoms with Gasteiger partial charge in [-0.1, -0.05) is 41.4 Å². The molecule has 2 heterocycles. The van der Waals surface area contributed by atoms with Gasteiger partial charge in [-0.2, -0.15) is 0 Å². The van der Waals surface area contributed by atoms with E-state index < -0.39 is 0 Å². The lowest BCUT2D eigenvalue weighted by Gasteiger charge is -2.24. The third-order valence-corrected chi connectivity index (χ3v) is 5.28. The summed E-state index contributed by atoms with van der Waals surface area (Å²) in [4.78, 5) is 30.8. The number of hydrogen-bond donors (Lipinski definition) is 0. The summed E-state index contributed by atoms with van der Waals surface area (Å²) in [6.45, 7) is 0.224. The third-order valence-electron chi connectivity index (χ3n) is 4.69. The van der Waals surface area contributed by atoms with Crippen LogP contribution in [0.15, 0.2) is 61.2 Å². The van der Waals surface area contributed by atoms with Crippen LogP contribution in [0.4, 0.5) is 0 Å². The van der Waals surface area contributed by atoms with E-state index in [2.05, 4.69) is 4.98 Å². The summed E-state index contributed by atoms with van der Waals surface area (Å²) in [5.74, 6) is -0.550. The Morgan fingerprint density at radius 3 is 2.30 bits per heavy atom. The number of imide groups is 1. The first kappa shape index (κ1) is 17.8. The van der Waals surface area contributed by atoms with E-state index in [1.54, 1.807) is 48.9 Å². The standard InChI is InChI=1S/C20H15Cl2N3O2/c21-14-6-5-13(18(22)10-14)9-15(24-8-7-23-12-24)11-25-19(26)16-3-1-2-4-17(16)20(25)27/h1-8,10,12,15H,9,11H2. The summed E-state index contributed by atoms with van der Waals surface area (Å²) in [7, 11) is 0. The summed E-state index contributed by atoms with van der Waals surface area (Å²) < 4.78 is 1.88. The maximum Gasteiger partial charge on any atom is 0.261 e. The van der Waals surface area contributed by atoms with Crippen molar-refractivity contribution in [2.45, 2.75) is 12.5 Å². The van der Waals surface area contributed by atoms with E-state index in [1.165, 1.54) is 4.90 Å². The van der Waals surface area contributed by atoms with Crippen molar-refractivity contribution in [3.63, 3.8) is 0 Å². The lowest BCUT2D eigenvalue weighted by atomic mass is 10.0. The largest absolute Gasteiger partial charge is 0.332 e. The summed E-state index contributed by atoms with van der Waals surface area (Å²) >= 11 is 12.3. The van der Waals surface area contributed by atoms with Gasteiger partial charge >= 0.3 is 0 Å². The zero-order valence-electron chi connectivity index (χ0n) is 14.2. The first-order valence-corrected chi connectivity index (χ1v) is 9.17. The Hall–Kier alpha value is -2.63. The minimum Gasteiger partial charge on any atom is -0.332 e. The fraction of sp³-hybridized carbons (Fsp3) is 0.150. The van der Waals surface area contributed by atoms with E-state index >= 15 is 0 Å². The van der Waals surface area contributed by atoms with Crippen LogP contribution in [-0.2, 0) is 6.42 Å². The number of carbonyl (C=O) groups excluding carboxylic acids is 2. The number of imidazole rings is 1. The molecule has 0 fully saturated rings. The zero-order valence-corrected chi connectivity index (χ0v) is 15.7. The van der Waals surface area contributed by atoms with Crippen molar-refractivity contribution in [3.8, 4) is 0 Å². The molecular formula is C20H15Cl2N3O2. The molecule has 0 bridgehead atoms. The van der Waals surface area contributed by atoms with Crippen LogP contribution in [0.25, 0.3) is 0 Å². The SMILES string of the molecule is O=C1c2ccccc2C(=O)N1CC(Cc1ccc(Cl)cc1Cl)n1ccnc1. The number of carbonyl (C=O) groups is 2. The fourth-order valence-corrected chi connectivity index (χ4v) is 3.79. The quantitative estimate of drug-likeness (QED) is 0.601. The topological polar surface area (TPSA) is 55.2 Å². The summed E-state index contributed by atoms with van der Waals surface area (Å²) in [5.41, 5.74) is 1.77. The molecule has 7 heteroatoms. The van der Waals surface area contributed by atoms with Crippen LogP contribution < -0.4 is 0 Å². The molecule has 1 aliphatic rings. The van der Waals surface area contributed by atoms with E-state index in [0.29, 0.717) is 27.6 Å². The number of aromatic nitrogens is 2. The Morgan fingerprint density at radius 1 is 1.00 bits per heavy atom. The van der Waals surface area contributed by atoms with Gasteiger partial charge in [-0.25, -0.2) is 4.98 Å². The average molecular weight is 400 g/mol. The maximum absolute atomic E-state index is 12.7. The molecule has 2 amide bonds. The Balaban J connectivity index is 1.63. The van der Waals surface area contributed by atoms with Gasteiger partial charge in [-0.15, -0.1) is 0 Å². The maximum atomic E-state index is 12.7. The van der Waals surface area contributed by atoms with Crippen LogP contribution in [0.1, 0.15) is 32.3 Å². The summed E-state index contributed by atoms with van der Waals surface area (Å²) in [6.07, 6.45) is 5.68. The number of hydrogen-bond acceptors (Lipinski definition) is 3. The highest BCUT2D eigenvalue weighted by molar-refractivity contribution is 6.35. The van der Waals surface area contributed by atoms with Crippen molar-refractivity contribution >= 4 is 35.0 Å². The van der Waals surface area contributed by atoms with Crippen LogP contribution in [0.2, 0.25) is 10.0 Å².